The maximum atomic E-state index is 11.2. The van der Waals surface area contributed by atoms with Gasteiger partial charge in [0.1, 0.15) is 5.75 Å². The number of carbonyl (C=O) groups is 1. The highest BCUT2D eigenvalue weighted by molar-refractivity contribution is 5.93. The van der Waals surface area contributed by atoms with Gasteiger partial charge in [0.15, 0.2) is 5.75 Å². The van der Waals surface area contributed by atoms with E-state index in [2.05, 4.69) is 0 Å². The smallest absolute Gasteiger partial charge is 0.336 e. The highest BCUT2D eigenvalue weighted by Gasteiger charge is 2.18. The third-order valence-corrected chi connectivity index (χ3v) is 2.10. The van der Waals surface area contributed by atoms with E-state index in [1.165, 1.54) is 13.8 Å². The number of aromatic hydroxyl groups is 2. The maximum Gasteiger partial charge on any atom is 0.336 e. The molecular formula is C9H9O5-. The Morgan fingerprint density at radius 1 is 1.14 bits per heavy atom. The molecule has 5 nitrogen and oxygen atoms in total. The number of phenolic OH excluding ortho intramolecular Hbond substituents is 2. The SMILES string of the molecule is Cc1c([O-])c(O)c(O)c(C)c1C(=O)O. The van der Waals surface area contributed by atoms with Crippen molar-refractivity contribution in [2.75, 3.05) is 0 Å². The second kappa shape index (κ2) is 3.10. The zero-order chi connectivity index (χ0) is 11.0. The third-order valence-electron chi connectivity index (χ3n) is 2.10. The predicted molar refractivity (Wildman–Crippen MR) is 45.7 cm³/mol. The van der Waals surface area contributed by atoms with Crippen LogP contribution in [-0.4, -0.2) is 21.3 Å². The summed E-state index contributed by atoms with van der Waals surface area (Å²) in [4.78, 5) is 10.7. The Balaban J connectivity index is 3.68. The van der Waals surface area contributed by atoms with Crippen LogP contribution in [0.1, 0.15) is 21.5 Å². The number of aromatic carboxylic acids is 1. The van der Waals surface area contributed by atoms with Crippen molar-refractivity contribution in [2.24, 2.45) is 0 Å². The highest BCUT2D eigenvalue weighted by atomic mass is 16.4. The Labute approximate surface area is 79.9 Å². The number of hydrogen-bond acceptors (Lipinski definition) is 4. The molecule has 76 valence electrons. The molecular weight excluding hydrogens is 188 g/mol. The summed E-state index contributed by atoms with van der Waals surface area (Å²) >= 11 is 0. The lowest BCUT2D eigenvalue weighted by molar-refractivity contribution is -0.271. The summed E-state index contributed by atoms with van der Waals surface area (Å²) in [5.74, 6) is -3.62. The average molecular weight is 197 g/mol. The van der Waals surface area contributed by atoms with Gasteiger partial charge < -0.3 is 20.4 Å². The van der Waals surface area contributed by atoms with Crippen LogP contribution in [0, 0.1) is 13.8 Å². The zero-order valence-corrected chi connectivity index (χ0v) is 7.66. The minimum absolute atomic E-state index is 0.00731. The van der Waals surface area contributed by atoms with Crippen molar-refractivity contribution in [3.05, 3.63) is 16.7 Å². The second-order valence-corrected chi connectivity index (χ2v) is 2.96. The van der Waals surface area contributed by atoms with Crippen molar-refractivity contribution < 1.29 is 25.2 Å². The molecule has 3 N–H and O–H groups in total. The molecule has 1 aromatic rings. The molecule has 0 spiro atoms. The first-order valence-corrected chi connectivity index (χ1v) is 3.83. The van der Waals surface area contributed by atoms with Crippen LogP contribution in [0.5, 0.6) is 17.2 Å². The first kappa shape index (κ1) is 10.2. The van der Waals surface area contributed by atoms with Crippen LogP contribution in [0.3, 0.4) is 0 Å². The van der Waals surface area contributed by atoms with Crippen molar-refractivity contribution in [1.82, 2.24) is 0 Å². The van der Waals surface area contributed by atoms with E-state index >= 15 is 0 Å². The molecule has 0 fully saturated rings. The molecule has 0 aliphatic rings. The fourth-order valence-electron chi connectivity index (χ4n) is 1.30. The molecule has 0 amide bonds. The van der Waals surface area contributed by atoms with Crippen LogP contribution in [0.4, 0.5) is 0 Å². The zero-order valence-electron chi connectivity index (χ0n) is 7.66. The molecule has 0 aliphatic heterocycles. The summed E-state index contributed by atoms with van der Waals surface area (Å²) in [6.45, 7) is 2.61. The van der Waals surface area contributed by atoms with Gasteiger partial charge in [0.2, 0.25) is 0 Å². The van der Waals surface area contributed by atoms with Crippen LogP contribution >= 0.6 is 0 Å². The molecule has 0 saturated heterocycles. The van der Waals surface area contributed by atoms with Crippen LogP contribution in [0.2, 0.25) is 0 Å². The number of phenols is 2. The lowest BCUT2D eigenvalue weighted by atomic mass is 10.00. The summed E-state index contributed by atoms with van der Waals surface area (Å²) < 4.78 is 0. The topological polar surface area (TPSA) is 101 Å². The monoisotopic (exact) mass is 197 g/mol. The fraction of sp³-hybridized carbons (Fsp3) is 0.222. The Morgan fingerprint density at radius 2 is 1.64 bits per heavy atom. The number of carboxylic acids is 1. The van der Waals surface area contributed by atoms with Gasteiger partial charge in [0.25, 0.3) is 0 Å². The molecule has 1 rings (SSSR count). The lowest BCUT2D eigenvalue weighted by Crippen LogP contribution is -2.07. The molecule has 0 aromatic heterocycles. The van der Waals surface area contributed by atoms with Gasteiger partial charge in [-0.3, -0.25) is 0 Å². The first-order valence-electron chi connectivity index (χ1n) is 3.83. The van der Waals surface area contributed by atoms with Crippen molar-refractivity contribution in [2.45, 2.75) is 13.8 Å². The van der Waals surface area contributed by atoms with Crippen LogP contribution in [-0.2, 0) is 0 Å². The number of hydrogen-bond donors (Lipinski definition) is 3. The highest BCUT2D eigenvalue weighted by Crippen LogP contribution is 2.40. The number of rotatable bonds is 1. The number of benzene rings is 1. The fourth-order valence-corrected chi connectivity index (χ4v) is 1.30. The lowest BCUT2D eigenvalue weighted by Gasteiger charge is -2.18. The Bertz CT molecular complexity index is 379. The van der Waals surface area contributed by atoms with Gasteiger partial charge >= 0.3 is 5.97 Å². The molecule has 0 atom stereocenters. The van der Waals surface area contributed by atoms with Gasteiger partial charge in [0, 0.05) is 5.56 Å². The van der Waals surface area contributed by atoms with Crippen LogP contribution in [0.25, 0.3) is 0 Å². The number of carboxylic acid groups (broad SMARTS) is 1. The molecule has 0 radical (unpaired) electrons. The summed E-state index contributed by atoms with van der Waals surface area (Å²) in [6.07, 6.45) is 0. The van der Waals surface area contributed by atoms with Gasteiger partial charge in [-0.25, -0.2) is 4.79 Å². The normalized spacial score (nSPS) is 10.1. The Hall–Kier alpha value is -1.91. The molecule has 0 bridgehead atoms. The third kappa shape index (κ3) is 1.22. The second-order valence-electron chi connectivity index (χ2n) is 2.96. The van der Waals surface area contributed by atoms with Gasteiger partial charge in [-0.05, 0) is 19.4 Å². The van der Waals surface area contributed by atoms with E-state index in [0.717, 1.165) is 0 Å². The van der Waals surface area contributed by atoms with E-state index in [9.17, 15) is 15.0 Å². The summed E-state index contributed by atoms with van der Waals surface area (Å²) in [7, 11) is 0. The summed E-state index contributed by atoms with van der Waals surface area (Å²) in [6, 6.07) is 0. The molecule has 1 aromatic carbocycles. The standard InChI is InChI=1S/C9H10O5/c1-3-5(9(13)14)4(2)7(11)8(12)6(3)10/h10-12H,1-2H3,(H,13,14)/p-1. The van der Waals surface area contributed by atoms with E-state index in [4.69, 9.17) is 10.2 Å². The van der Waals surface area contributed by atoms with E-state index < -0.39 is 23.2 Å². The van der Waals surface area contributed by atoms with Gasteiger partial charge in [-0.1, -0.05) is 5.75 Å². The molecule has 0 aliphatic carbocycles. The molecule has 0 unspecified atom stereocenters. The van der Waals surface area contributed by atoms with Crippen molar-refractivity contribution in [3.8, 4) is 17.2 Å². The predicted octanol–water partition coefficient (Wildman–Crippen LogP) is 0.486. The van der Waals surface area contributed by atoms with Gasteiger partial charge in [-0.15, -0.1) is 0 Å². The summed E-state index contributed by atoms with van der Waals surface area (Å²) in [5, 5.41) is 38.3. The minimum Gasteiger partial charge on any atom is -0.870 e. The molecule has 14 heavy (non-hydrogen) atoms. The van der Waals surface area contributed by atoms with Gasteiger partial charge in [0.05, 0.1) is 5.56 Å². The van der Waals surface area contributed by atoms with Crippen molar-refractivity contribution in [3.63, 3.8) is 0 Å². The molecule has 5 heteroatoms. The van der Waals surface area contributed by atoms with E-state index in [0.29, 0.717) is 0 Å². The van der Waals surface area contributed by atoms with Crippen LogP contribution < -0.4 is 5.11 Å². The Morgan fingerprint density at radius 3 is 2.07 bits per heavy atom. The van der Waals surface area contributed by atoms with Crippen LogP contribution in [0.15, 0.2) is 0 Å². The van der Waals surface area contributed by atoms with E-state index in [1.54, 1.807) is 0 Å². The maximum absolute atomic E-state index is 11.2. The molecule has 0 saturated carbocycles. The molecule has 0 heterocycles. The Kier molecular flexibility index (Phi) is 2.25. The summed E-state index contributed by atoms with van der Waals surface area (Å²) in [5.41, 5.74) is -0.345. The van der Waals surface area contributed by atoms with Crippen molar-refractivity contribution >= 4 is 5.97 Å². The van der Waals surface area contributed by atoms with Crippen molar-refractivity contribution in [1.29, 1.82) is 0 Å². The quantitative estimate of drug-likeness (QED) is 0.568. The van der Waals surface area contributed by atoms with Gasteiger partial charge in [-0.2, -0.15) is 0 Å². The minimum atomic E-state index is -1.30. The first-order chi connectivity index (χ1) is 6.37. The van der Waals surface area contributed by atoms with E-state index in [1.807, 2.05) is 0 Å². The largest absolute Gasteiger partial charge is 0.870 e. The average Bonchev–Trinajstić information content (AvgIpc) is 2.11. The van der Waals surface area contributed by atoms with E-state index in [-0.39, 0.29) is 16.7 Å².